The molecule has 1 heterocycles. The summed E-state index contributed by atoms with van der Waals surface area (Å²) < 4.78 is 31.1. The predicted molar refractivity (Wildman–Crippen MR) is 79.7 cm³/mol. The number of carbonyl (C=O) groups is 1. The Morgan fingerprint density at radius 3 is 2.55 bits per heavy atom. The Morgan fingerprint density at radius 2 is 2.05 bits per heavy atom. The van der Waals surface area contributed by atoms with Gasteiger partial charge in [0, 0.05) is 13.6 Å². The van der Waals surface area contributed by atoms with Crippen molar-refractivity contribution >= 4 is 27.3 Å². The van der Waals surface area contributed by atoms with Crippen LogP contribution >= 0.6 is 11.3 Å². The van der Waals surface area contributed by atoms with Gasteiger partial charge in [-0.05, 0) is 30.2 Å². The third-order valence-electron chi connectivity index (χ3n) is 2.98. The number of ether oxygens (including phenoxy) is 1. The fourth-order valence-corrected chi connectivity index (χ4v) is 4.54. The molecule has 20 heavy (non-hydrogen) atoms. The Morgan fingerprint density at radius 1 is 1.45 bits per heavy atom. The molecule has 0 amide bonds. The lowest BCUT2D eigenvalue weighted by atomic mass is 10.1. The van der Waals surface area contributed by atoms with Gasteiger partial charge in [-0.25, -0.2) is 17.5 Å². The number of hydrogen-bond acceptors (Lipinski definition) is 5. The van der Waals surface area contributed by atoms with E-state index < -0.39 is 16.0 Å². The van der Waals surface area contributed by atoms with Crippen molar-refractivity contribution in [3.8, 4) is 0 Å². The Kier molecular flexibility index (Phi) is 5.73. The fraction of sp³-hybridized carbons (Fsp3) is 0.615. The number of sulfonamides is 1. The molecule has 0 spiro atoms. The summed E-state index contributed by atoms with van der Waals surface area (Å²) in [6.07, 6.45) is 0.770. The molecule has 0 aliphatic rings. The van der Waals surface area contributed by atoms with Crippen molar-refractivity contribution in [2.75, 3.05) is 20.7 Å². The Labute approximate surface area is 124 Å². The van der Waals surface area contributed by atoms with E-state index in [-0.39, 0.29) is 9.77 Å². The molecule has 0 aromatic carbocycles. The van der Waals surface area contributed by atoms with Crippen LogP contribution in [-0.4, -0.2) is 39.4 Å². The summed E-state index contributed by atoms with van der Waals surface area (Å²) in [7, 11) is -0.881. The van der Waals surface area contributed by atoms with E-state index in [1.807, 2.05) is 13.8 Å². The van der Waals surface area contributed by atoms with Crippen molar-refractivity contribution in [2.24, 2.45) is 5.92 Å². The molecule has 0 N–H and O–H groups in total. The molecule has 5 nitrogen and oxygen atoms in total. The van der Waals surface area contributed by atoms with Crippen molar-refractivity contribution < 1.29 is 17.9 Å². The number of hydrogen-bond donors (Lipinski definition) is 0. The molecule has 0 saturated heterocycles. The monoisotopic (exact) mass is 319 g/mol. The number of carbonyl (C=O) groups excluding carboxylic acids is 1. The minimum Gasteiger partial charge on any atom is -0.465 e. The standard InChI is InChI=1S/C13H21NO4S2/c1-9(2)6-7-14(4)20(16,17)12-10(3)8-19-11(12)13(15)18-5/h8-9H,6-7H2,1-5H3. The van der Waals surface area contributed by atoms with E-state index in [9.17, 15) is 13.2 Å². The van der Waals surface area contributed by atoms with E-state index in [4.69, 9.17) is 0 Å². The van der Waals surface area contributed by atoms with E-state index in [0.717, 1.165) is 17.8 Å². The molecule has 0 fully saturated rings. The molecule has 0 saturated carbocycles. The van der Waals surface area contributed by atoms with Gasteiger partial charge < -0.3 is 4.74 Å². The molecule has 0 aliphatic carbocycles. The van der Waals surface area contributed by atoms with Gasteiger partial charge in [-0.1, -0.05) is 13.8 Å². The number of methoxy groups -OCH3 is 1. The molecule has 0 radical (unpaired) electrons. The molecule has 0 unspecified atom stereocenters. The predicted octanol–water partition coefficient (Wildman–Crippen LogP) is 2.51. The molecule has 1 aromatic rings. The fourth-order valence-electron chi connectivity index (χ4n) is 1.70. The van der Waals surface area contributed by atoms with E-state index in [2.05, 4.69) is 4.74 Å². The van der Waals surface area contributed by atoms with Gasteiger partial charge in [-0.15, -0.1) is 11.3 Å². The lowest BCUT2D eigenvalue weighted by molar-refractivity contribution is 0.0602. The van der Waals surface area contributed by atoms with Crippen LogP contribution in [0.4, 0.5) is 0 Å². The highest BCUT2D eigenvalue weighted by atomic mass is 32.2. The highest BCUT2D eigenvalue weighted by molar-refractivity contribution is 7.89. The first-order chi connectivity index (χ1) is 9.21. The minimum absolute atomic E-state index is 0.0700. The summed E-state index contributed by atoms with van der Waals surface area (Å²) in [6, 6.07) is 0. The number of rotatable bonds is 6. The second-order valence-electron chi connectivity index (χ2n) is 5.08. The third kappa shape index (κ3) is 3.59. The molecule has 1 rings (SSSR count). The molecule has 0 aliphatic heterocycles. The zero-order valence-corrected chi connectivity index (χ0v) is 14.1. The van der Waals surface area contributed by atoms with Crippen LogP contribution in [0.5, 0.6) is 0 Å². The van der Waals surface area contributed by atoms with Crippen molar-refractivity contribution in [2.45, 2.75) is 32.1 Å². The van der Waals surface area contributed by atoms with E-state index >= 15 is 0 Å². The van der Waals surface area contributed by atoms with Crippen molar-refractivity contribution in [3.63, 3.8) is 0 Å². The maximum Gasteiger partial charge on any atom is 0.349 e. The normalized spacial score (nSPS) is 12.2. The van der Waals surface area contributed by atoms with Crippen LogP contribution in [0.1, 0.15) is 35.5 Å². The molecular weight excluding hydrogens is 298 g/mol. The summed E-state index contributed by atoms with van der Waals surface area (Å²) >= 11 is 1.10. The maximum atomic E-state index is 12.6. The second-order valence-corrected chi connectivity index (χ2v) is 7.94. The van der Waals surface area contributed by atoms with Crippen molar-refractivity contribution in [3.05, 3.63) is 15.8 Å². The molecule has 0 atom stereocenters. The summed E-state index contributed by atoms with van der Waals surface area (Å²) in [5, 5.41) is 1.66. The van der Waals surface area contributed by atoms with Crippen LogP contribution in [0.15, 0.2) is 10.3 Å². The number of nitrogens with zero attached hydrogens (tertiary/aromatic N) is 1. The van der Waals surface area contributed by atoms with Crippen molar-refractivity contribution in [1.29, 1.82) is 0 Å². The average Bonchev–Trinajstić information content (AvgIpc) is 2.77. The minimum atomic E-state index is -3.66. The Bertz CT molecular complexity index is 575. The Hall–Kier alpha value is -0.920. The van der Waals surface area contributed by atoms with Crippen LogP contribution < -0.4 is 0 Å². The van der Waals surface area contributed by atoms with Crippen LogP contribution in [-0.2, 0) is 14.8 Å². The highest BCUT2D eigenvalue weighted by Gasteiger charge is 2.30. The van der Waals surface area contributed by atoms with Gasteiger partial charge in [0.25, 0.3) is 0 Å². The molecule has 1 aromatic heterocycles. The topological polar surface area (TPSA) is 63.7 Å². The van der Waals surface area contributed by atoms with Crippen LogP contribution in [0.25, 0.3) is 0 Å². The summed E-state index contributed by atoms with van der Waals surface area (Å²) in [5.74, 6) is -0.199. The third-order valence-corrected chi connectivity index (χ3v) is 6.23. The van der Waals surface area contributed by atoms with Gasteiger partial charge in [0.2, 0.25) is 10.0 Å². The highest BCUT2D eigenvalue weighted by Crippen LogP contribution is 2.29. The molecule has 7 heteroatoms. The lowest BCUT2D eigenvalue weighted by Crippen LogP contribution is -2.30. The largest absolute Gasteiger partial charge is 0.465 e. The van der Waals surface area contributed by atoms with Gasteiger partial charge in [0.15, 0.2) is 0 Å². The maximum absolute atomic E-state index is 12.6. The summed E-state index contributed by atoms with van der Waals surface area (Å²) in [4.78, 5) is 11.9. The first-order valence-corrected chi connectivity index (χ1v) is 8.66. The van der Waals surface area contributed by atoms with Gasteiger partial charge in [0.05, 0.1) is 7.11 Å². The first kappa shape index (κ1) is 17.1. The quantitative estimate of drug-likeness (QED) is 0.756. The zero-order valence-electron chi connectivity index (χ0n) is 12.5. The first-order valence-electron chi connectivity index (χ1n) is 6.34. The van der Waals surface area contributed by atoms with Crippen molar-refractivity contribution in [1.82, 2.24) is 4.31 Å². The van der Waals surface area contributed by atoms with Crippen LogP contribution in [0, 0.1) is 12.8 Å². The smallest absolute Gasteiger partial charge is 0.349 e. The second kappa shape index (κ2) is 6.69. The van der Waals surface area contributed by atoms with Gasteiger partial charge >= 0.3 is 5.97 Å². The number of thiophene rings is 1. The molecular formula is C13H21NO4S2. The van der Waals surface area contributed by atoms with E-state index in [1.54, 1.807) is 12.3 Å². The van der Waals surface area contributed by atoms with E-state index in [1.165, 1.54) is 18.5 Å². The summed E-state index contributed by atoms with van der Waals surface area (Å²) in [5.41, 5.74) is 0.576. The van der Waals surface area contributed by atoms with Crippen LogP contribution in [0.2, 0.25) is 0 Å². The molecule has 114 valence electrons. The van der Waals surface area contributed by atoms with E-state index in [0.29, 0.717) is 18.0 Å². The Balaban J connectivity index is 3.15. The van der Waals surface area contributed by atoms with Crippen LogP contribution in [0.3, 0.4) is 0 Å². The molecule has 0 bridgehead atoms. The van der Waals surface area contributed by atoms with Gasteiger partial charge in [-0.2, -0.15) is 0 Å². The summed E-state index contributed by atoms with van der Waals surface area (Å²) in [6.45, 7) is 6.19. The zero-order chi connectivity index (χ0) is 15.5. The van der Waals surface area contributed by atoms with Gasteiger partial charge in [0.1, 0.15) is 9.77 Å². The number of esters is 1. The lowest BCUT2D eigenvalue weighted by Gasteiger charge is -2.19. The van der Waals surface area contributed by atoms with Gasteiger partial charge in [-0.3, -0.25) is 0 Å². The number of aryl methyl sites for hydroxylation is 1. The average molecular weight is 319 g/mol. The SMILES string of the molecule is COC(=O)c1scc(C)c1S(=O)(=O)N(C)CCC(C)C.